The molecule has 0 aliphatic rings. The van der Waals surface area contributed by atoms with Crippen molar-refractivity contribution < 1.29 is 0 Å². The van der Waals surface area contributed by atoms with Gasteiger partial charge in [-0.25, -0.2) is 4.68 Å². The van der Waals surface area contributed by atoms with Crippen molar-refractivity contribution in [3.8, 4) is 16.8 Å². The third-order valence-corrected chi connectivity index (χ3v) is 4.73. The van der Waals surface area contributed by atoms with Gasteiger partial charge in [-0.1, -0.05) is 78.9 Å². The van der Waals surface area contributed by atoms with E-state index in [1.807, 2.05) is 30.3 Å². The van der Waals surface area contributed by atoms with Crippen LogP contribution in [0.4, 0.5) is 0 Å². The maximum absolute atomic E-state index is 5.00. The first-order chi connectivity index (χ1) is 13.1. The molecule has 0 bridgehead atoms. The normalized spacial score (nSPS) is 12.3. The van der Waals surface area contributed by atoms with Gasteiger partial charge in [-0.05, 0) is 44.0 Å². The molecule has 0 fully saturated rings. The Kier molecular flexibility index (Phi) is 5.87. The van der Waals surface area contributed by atoms with Crippen molar-refractivity contribution in [1.29, 1.82) is 0 Å². The molecule has 0 amide bonds. The first-order valence-electron chi connectivity index (χ1n) is 9.29. The molecule has 0 saturated carbocycles. The Hall–Kier alpha value is -3.13. The Morgan fingerprint density at radius 3 is 2.26 bits per heavy atom. The van der Waals surface area contributed by atoms with E-state index in [9.17, 15) is 0 Å². The molecule has 0 N–H and O–H groups in total. The molecule has 0 spiro atoms. The van der Waals surface area contributed by atoms with Gasteiger partial charge < -0.3 is 0 Å². The topological polar surface area (TPSA) is 17.8 Å². The van der Waals surface area contributed by atoms with E-state index in [-0.39, 0.29) is 0 Å². The van der Waals surface area contributed by atoms with Gasteiger partial charge in [0.1, 0.15) is 0 Å². The second-order valence-corrected chi connectivity index (χ2v) is 6.65. The molecule has 3 rings (SSSR count). The minimum absolute atomic E-state index is 0.784. The monoisotopic (exact) mass is 354 g/mol. The number of hydrogen-bond donors (Lipinski definition) is 0. The summed E-state index contributed by atoms with van der Waals surface area (Å²) in [6.07, 6.45) is 7.00. The molecule has 2 aromatic carbocycles. The second kappa shape index (κ2) is 8.50. The molecule has 1 heterocycles. The van der Waals surface area contributed by atoms with Crippen molar-refractivity contribution in [2.45, 2.75) is 27.2 Å². The number of para-hydroxylation sites is 1. The van der Waals surface area contributed by atoms with Crippen LogP contribution < -0.4 is 0 Å². The van der Waals surface area contributed by atoms with Gasteiger partial charge in [0, 0.05) is 17.7 Å². The summed E-state index contributed by atoms with van der Waals surface area (Å²) < 4.78 is 2.05. The number of aromatic nitrogens is 2. The highest BCUT2D eigenvalue weighted by Gasteiger charge is 2.17. The van der Waals surface area contributed by atoms with Gasteiger partial charge in [-0.2, -0.15) is 5.10 Å². The molecule has 0 saturated heterocycles. The summed E-state index contributed by atoms with van der Waals surface area (Å²) in [6.45, 7) is 10.2. The summed E-state index contributed by atoms with van der Waals surface area (Å²) in [7, 11) is 0. The van der Waals surface area contributed by atoms with E-state index >= 15 is 0 Å². The Labute approximate surface area is 162 Å². The zero-order chi connectivity index (χ0) is 19.2. The number of nitrogens with zero attached hydrogens (tertiary/aromatic N) is 2. The SMILES string of the molecule is C=C/C(C)=C\C(=C/C)Cc1nn(-c2ccccc2)c(C)c1-c1ccccc1. The molecule has 136 valence electrons. The van der Waals surface area contributed by atoms with E-state index in [4.69, 9.17) is 5.10 Å². The number of rotatable bonds is 6. The van der Waals surface area contributed by atoms with Crippen LogP contribution in [0.1, 0.15) is 25.2 Å². The first-order valence-corrected chi connectivity index (χ1v) is 9.29. The standard InChI is InChI=1S/C25H26N2/c1-5-19(3)17-21(6-2)18-24-25(22-13-9-7-10-14-22)20(4)27(26-24)23-15-11-8-12-16-23/h5-17H,1,18H2,2-4H3/b19-17-,21-6+. The second-order valence-electron chi connectivity index (χ2n) is 6.65. The fraction of sp³-hybridized carbons (Fsp3) is 0.160. The minimum atomic E-state index is 0.784. The smallest absolute Gasteiger partial charge is 0.0753 e. The van der Waals surface area contributed by atoms with Crippen LogP contribution >= 0.6 is 0 Å². The quantitative estimate of drug-likeness (QED) is 0.464. The summed E-state index contributed by atoms with van der Waals surface area (Å²) in [6, 6.07) is 20.8. The van der Waals surface area contributed by atoms with Gasteiger partial charge in [-0.15, -0.1) is 0 Å². The molecule has 0 aliphatic carbocycles. The van der Waals surface area contributed by atoms with Crippen LogP contribution in [-0.4, -0.2) is 9.78 Å². The molecule has 0 radical (unpaired) electrons. The molecule has 0 aliphatic heterocycles. The van der Waals surface area contributed by atoms with E-state index in [0.29, 0.717) is 0 Å². The summed E-state index contributed by atoms with van der Waals surface area (Å²) >= 11 is 0. The Balaban J connectivity index is 2.13. The Morgan fingerprint density at radius 2 is 1.67 bits per heavy atom. The zero-order valence-electron chi connectivity index (χ0n) is 16.3. The van der Waals surface area contributed by atoms with E-state index in [2.05, 4.69) is 80.6 Å². The predicted octanol–water partition coefficient (Wildman–Crippen LogP) is 6.47. The highest BCUT2D eigenvalue weighted by atomic mass is 15.3. The molecular formula is C25H26N2. The van der Waals surface area contributed by atoms with Crippen LogP contribution in [-0.2, 0) is 6.42 Å². The van der Waals surface area contributed by atoms with E-state index in [0.717, 1.165) is 29.1 Å². The Morgan fingerprint density at radius 1 is 1.04 bits per heavy atom. The van der Waals surface area contributed by atoms with Crippen LogP contribution in [0.2, 0.25) is 0 Å². The minimum Gasteiger partial charge on any atom is -0.237 e. The number of allylic oxidation sites excluding steroid dienone is 5. The van der Waals surface area contributed by atoms with Crippen molar-refractivity contribution >= 4 is 0 Å². The third-order valence-electron chi connectivity index (χ3n) is 4.73. The predicted molar refractivity (Wildman–Crippen MR) is 115 cm³/mol. The molecule has 2 heteroatoms. The molecule has 3 aromatic rings. The van der Waals surface area contributed by atoms with E-state index in [1.54, 1.807) is 0 Å². The average Bonchev–Trinajstić information content (AvgIpc) is 3.04. The van der Waals surface area contributed by atoms with E-state index in [1.165, 1.54) is 16.7 Å². The molecule has 1 aromatic heterocycles. The number of hydrogen-bond acceptors (Lipinski definition) is 1. The summed E-state index contributed by atoms with van der Waals surface area (Å²) in [5.41, 5.74) is 8.13. The van der Waals surface area contributed by atoms with Crippen LogP contribution in [0.25, 0.3) is 16.8 Å². The van der Waals surface area contributed by atoms with Crippen molar-refractivity contribution in [3.05, 3.63) is 108 Å². The lowest BCUT2D eigenvalue weighted by atomic mass is 9.98. The van der Waals surface area contributed by atoms with Crippen molar-refractivity contribution in [2.24, 2.45) is 0 Å². The first kappa shape index (κ1) is 18.7. The maximum atomic E-state index is 5.00. The lowest BCUT2D eigenvalue weighted by Crippen LogP contribution is -1.99. The van der Waals surface area contributed by atoms with Gasteiger partial charge in [-0.3, -0.25) is 0 Å². The molecular weight excluding hydrogens is 328 g/mol. The van der Waals surface area contributed by atoms with Gasteiger partial charge in [0.2, 0.25) is 0 Å². The molecule has 2 nitrogen and oxygen atoms in total. The largest absolute Gasteiger partial charge is 0.237 e. The highest BCUT2D eigenvalue weighted by molar-refractivity contribution is 5.70. The van der Waals surface area contributed by atoms with Gasteiger partial charge >= 0.3 is 0 Å². The van der Waals surface area contributed by atoms with Crippen molar-refractivity contribution in [1.82, 2.24) is 9.78 Å². The van der Waals surface area contributed by atoms with Gasteiger partial charge in [0.15, 0.2) is 0 Å². The van der Waals surface area contributed by atoms with Gasteiger partial charge in [0.25, 0.3) is 0 Å². The lowest BCUT2D eigenvalue weighted by Gasteiger charge is -2.06. The molecule has 27 heavy (non-hydrogen) atoms. The van der Waals surface area contributed by atoms with Crippen LogP contribution in [0.15, 0.2) is 96.6 Å². The summed E-state index contributed by atoms with van der Waals surface area (Å²) in [5, 5.41) is 5.00. The van der Waals surface area contributed by atoms with Crippen LogP contribution in [0.5, 0.6) is 0 Å². The maximum Gasteiger partial charge on any atom is 0.0753 e. The molecule has 0 atom stereocenters. The fourth-order valence-corrected chi connectivity index (χ4v) is 3.27. The van der Waals surface area contributed by atoms with Crippen LogP contribution in [0.3, 0.4) is 0 Å². The van der Waals surface area contributed by atoms with Crippen molar-refractivity contribution in [2.75, 3.05) is 0 Å². The number of benzene rings is 2. The molecule has 0 unspecified atom stereocenters. The van der Waals surface area contributed by atoms with Crippen molar-refractivity contribution in [3.63, 3.8) is 0 Å². The van der Waals surface area contributed by atoms with E-state index < -0.39 is 0 Å². The summed E-state index contributed by atoms with van der Waals surface area (Å²) in [5.74, 6) is 0. The summed E-state index contributed by atoms with van der Waals surface area (Å²) in [4.78, 5) is 0. The Bertz CT molecular complexity index is 974. The third kappa shape index (κ3) is 4.17. The average molecular weight is 354 g/mol. The van der Waals surface area contributed by atoms with Crippen LogP contribution in [0, 0.1) is 6.92 Å². The lowest BCUT2D eigenvalue weighted by molar-refractivity contribution is 0.823. The fourth-order valence-electron chi connectivity index (χ4n) is 3.27. The zero-order valence-corrected chi connectivity index (χ0v) is 16.3. The van der Waals surface area contributed by atoms with Gasteiger partial charge in [0.05, 0.1) is 11.4 Å². The highest BCUT2D eigenvalue weighted by Crippen LogP contribution is 2.30.